The summed E-state index contributed by atoms with van der Waals surface area (Å²) in [5, 5.41) is 25.1. The topological polar surface area (TPSA) is 116 Å². The first-order valence-electron chi connectivity index (χ1n) is 7.94. The smallest absolute Gasteiger partial charge is 0.269 e. The minimum atomic E-state index is -1.11. The van der Waals surface area contributed by atoms with Crippen LogP contribution in [0.1, 0.15) is 22.9 Å². The fourth-order valence-corrected chi connectivity index (χ4v) is 3.57. The number of benzene rings is 2. The highest BCUT2D eigenvalue weighted by molar-refractivity contribution is 5.86. The summed E-state index contributed by atoms with van der Waals surface area (Å²) in [4.78, 5) is 25.3. The maximum atomic E-state index is 11.5. The molecule has 2 heterocycles. The summed E-state index contributed by atoms with van der Waals surface area (Å²) < 4.78 is 0. The average molecular weight is 337 g/mol. The van der Waals surface area contributed by atoms with E-state index in [2.05, 4.69) is 4.98 Å². The number of hydrogen-bond acceptors (Lipinski definition) is 4. The Bertz CT molecular complexity index is 978. The summed E-state index contributed by atoms with van der Waals surface area (Å²) in [5.41, 5.74) is 3.67. The molecule has 0 spiro atoms. The van der Waals surface area contributed by atoms with Crippen LogP contribution in [0.2, 0.25) is 0 Å². The molecule has 0 fully saturated rings. The van der Waals surface area contributed by atoms with Gasteiger partial charge < -0.3 is 20.2 Å². The van der Waals surface area contributed by atoms with Crippen molar-refractivity contribution in [3.63, 3.8) is 0 Å². The van der Waals surface area contributed by atoms with E-state index in [0.29, 0.717) is 6.42 Å². The standard InChI is InChI=1S/C18H15N3O4/c22-18(23)15-9-13-12-3-1-2-4-14(12)19-17(13)16(20-15)10-5-7-11(8-6-10)21(24)25/h1-8,15-16,19-20H,9H2,(H,22,23)/t15-,16+/m0/s1. The first-order valence-corrected chi connectivity index (χ1v) is 7.94. The van der Waals surface area contributed by atoms with Crippen molar-refractivity contribution in [3.05, 3.63) is 75.5 Å². The predicted molar refractivity (Wildman–Crippen MR) is 87.7 cm³/mol. The molecule has 7 nitrogen and oxygen atoms in total. The van der Waals surface area contributed by atoms with Crippen LogP contribution in [-0.2, 0) is 11.2 Å². The van der Waals surface area contributed by atoms with E-state index in [1.54, 1.807) is 17.4 Å². The van der Waals surface area contributed by atoms with Crippen molar-refractivity contribution in [2.24, 2.45) is 0 Å². The zero-order chi connectivity index (χ0) is 17.6. The SMILES string of the molecule is O=C([O-])[C@@H]1Cc2c([nH]c3ccccc23)[C@@H](c2ccc([N+](=O)[O-])cc2)[NH2+]1. The molecule has 126 valence electrons. The van der Waals surface area contributed by atoms with E-state index < -0.39 is 16.9 Å². The summed E-state index contributed by atoms with van der Waals surface area (Å²) in [6.07, 6.45) is 0.380. The van der Waals surface area contributed by atoms with E-state index in [-0.39, 0.29) is 11.7 Å². The second-order valence-electron chi connectivity index (χ2n) is 6.21. The number of quaternary nitrogens is 1. The second-order valence-corrected chi connectivity index (χ2v) is 6.21. The summed E-state index contributed by atoms with van der Waals surface area (Å²) in [5.74, 6) is -1.11. The number of aromatic nitrogens is 1. The normalized spacial score (nSPS) is 19.5. The van der Waals surface area contributed by atoms with Gasteiger partial charge in [0.15, 0.2) is 6.04 Å². The van der Waals surface area contributed by atoms with Crippen LogP contribution in [-0.4, -0.2) is 21.9 Å². The number of nitrogens with zero attached hydrogens (tertiary/aromatic N) is 1. The first-order chi connectivity index (χ1) is 12.0. The number of fused-ring (bicyclic) bond motifs is 3. The molecule has 3 N–H and O–H groups in total. The molecule has 1 aromatic heterocycles. The number of nitrogens with two attached hydrogens (primary N) is 1. The second kappa shape index (κ2) is 5.71. The lowest BCUT2D eigenvalue weighted by molar-refractivity contribution is -0.717. The van der Waals surface area contributed by atoms with Crippen molar-refractivity contribution in [2.75, 3.05) is 0 Å². The highest BCUT2D eigenvalue weighted by atomic mass is 16.6. The molecule has 0 saturated carbocycles. The average Bonchev–Trinajstić information content (AvgIpc) is 2.99. The first kappa shape index (κ1) is 15.3. The molecular formula is C18H15N3O4. The Morgan fingerprint density at radius 3 is 2.56 bits per heavy atom. The number of carboxylic acid groups (broad SMARTS) is 1. The van der Waals surface area contributed by atoms with Gasteiger partial charge in [0.25, 0.3) is 5.69 Å². The maximum absolute atomic E-state index is 11.5. The van der Waals surface area contributed by atoms with Crippen molar-refractivity contribution in [1.29, 1.82) is 0 Å². The Labute approximate surface area is 142 Å². The molecule has 1 aliphatic rings. The fraction of sp³-hybridized carbons (Fsp3) is 0.167. The molecule has 0 radical (unpaired) electrons. The molecule has 0 amide bonds. The van der Waals surface area contributed by atoms with E-state index in [1.807, 2.05) is 24.3 Å². The number of para-hydroxylation sites is 1. The number of carboxylic acids is 1. The molecule has 0 unspecified atom stereocenters. The van der Waals surface area contributed by atoms with Crippen LogP contribution in [0.3, 0.4) is 0 Å². The number of hydrogen-bond donors (Lipinski definition) is 2. The summed E-state index contributed by atoms with van der Waals surface area (Å²) in [6.45, 7) is 0. The van der Waals surface area contributed by atoms with Gasteiger partial charge in [0, 0.05) is 35.0 Å². The third kappa shape index (κ3) is 2.54. The lowest BCUT2D eigenvalue weighted by atomic mass is 9.90. The van der Waals surface area contributed by atoms with Crippen LogP contribution in [0.4, 0.5) is 5.69 Å². The Balaban J connectivity index is 1.84. The number of rotatable bonds is 3. The maximum Gasteiger partial charge on any atom is 0.269 e. The van der Waals surface area contributed by atoms with E-state index in [4.69, 9.17) is 0 Å². The Morgan fingerprint density at radius 1 is 1.16 bits per heavy atom. The van der Waals surface area contributed by atoms with Crippen molar-refractivity contribution in [3.8, 4) is 0 Å². The van der Waals surface area contributed by atoms with E-state index in [1.165, 1.54) is 12.1 Å². The Kier molecular flexibility index (Phi) is 3.51. The third-order valence-electron chi connectivity index (χ3n) is 4.77. The van der Waals surface area contributed by atoms with Crippen LogP contribution < -0.4 is 10.4 Å². The fourth-order valence-electron chi connectivity index (χ4n) is 3.57. The van der Waals surface area contributed by atoms with Gasteiger partial charge in [-0.3, -0.25) is 10.1 Å². The number of aromatic amines is 1. The lowest BCUT2D eigenvalue weighted by Gasteiger charge is -2.28. The quantitative estimate of drug-likeness (QED) is 0.532. The molecule has 4 rings (SSSR count). The molecule has 0 saturated heterocycles. The number of nitrogens with one attached hydrogen (secondary N) is 1. The molecule has 25 heavy (non-hydrogen) atoms. The predicted octanol–water partition coefficient (Wildman–Crippen LogP) is 0.403. The van der Waals surface area contributed by atoms with Crippen molar-refractivity contribution in [2.45, 2.75) is 18.5 Å². The van der Waals surface area contributed by atoms with Crippen LogP contribution in [0.5, 0.6) is 0 Å². The molecule has 1 aliphatic heterocycles. The van der Waals surface area contributed by atoms with E-state index in [0.717, 1.165) is 27.7 Å². The van der Waals surface area contributed by atoms with Gasteiger partial charge in [-0.15, -0.1) is 0 Å². The van der Waals surface area contributed by atoms with Gasteiger partial charge in [0.2, 0.25) is 0 Å². The van der Waals surface area contributed by atoms with Gasteiger partial charge in [-0.05, 0) is 23.8 Å². The van der Waals surface area contributed by atoms with E-state index >= 15 is 0 Å². The zero-order valence-electron chi connectivity index (χ0n) is 13.1. The molecule has 3 aromatic rings. The summed E-state index contributed by atoms with van der Waals surface area (Å²) in [7, 11) is 0. The van der Waals surface area contributed by atoms with Gasteiger partial charge in [-0.2, -0.15) is 0 Å². The largest absolute Gasteiger partial charge is 0.544 e. The number of nitro benzene ring substituents is 1. The molecule has 2 atom stereocenters. The molecule has 2 aromatic carbocycles. The number of carbonyl (C=O) groups is 1. The number of aliphatic carboxylic acids is 1. The van der Waals surface area contributed by atoms with Gasteiger partial charge in [0.1, 0.15) is 6.04 Å². The minimum Gasteiger partial charge on any atom is -0.544 e. The van der Waals surface area contributed by atoms with Crippen LogP contribution in [0.25, 0.3) is 10.9 Å². The third-order valence-corrected chi connectivity index (χ3v) is 4.77. The number of carbonyl (C=O) groups excluding carboxylic acids is 1. The number of H-pyrrole nitrogens is 1. The summed E-state index contributed by atoms with van der Waals surface area (Å²) >= 11 is 0. The lowest BCUT2D eigenvalue weighted by Crippen LogP contribution is -2.95. The monoisotopic (exact) mass is 337 g/mol. The zero-order valence-corrected chi connectivity index (χ0v) is 13.1. The minimum absolute atomic E-state index is 0.00730. The molecule has 7 heteroatoms. The molecule has 0 aliphatic carbocycles. The van der Waals surface area contributed by atoms with Crippen molar-refractivity contribution < 1.29 is 20.1 Å². The molecule has 0 bridgehead atoms. The van der Waals surface area contributed by atoms with Gasteiger partial charge >= 0.3 is 0 Å². The van der Waals surface area contributed by atoms with Crippen LogP contribution >= 0.6 is 0 Å². The summed E-state index contributed by atoms with van der Waals surface area (Å²) in [6, 6.07) is 13.0. The number of non-ortho nitro benzene ring substituents is 1. The Morgan fingerprint density at radius 2 is 1.88 bits per heavy atom. The van der Waals surface area contributed by atoms with Crippen molar-refractivity contribution >= 4 is 22.6 Å². The van der Waals surface area contributed by atoms with Crippen LogP contribution in [0, 0.1) is 10.1 Å². The molecular weight excluding hydrogens is 322 g/mol. The van der Waals surface area contributed by atoms with Gasteiger partial charge in [0.05, 0.1) is 16.6 Å². The number of nitro groups is 1. The van der Waals surface area contributed by atoms with Gasteiger partial charge in [-0.1, -0.05) is 18.2 Å². The Hall–Kier alpha value is -3.19. The highest BCUT2D eigenvalue weighted by Crippen LogP contribution is 2.32. The highest BCUT2D eigenvalue weighted by Gasteiger charge is 2.34. The van der Waals surface area contributed by atoms with Crippen LogP contribution in [0.15, 0.2) is 48.5 Å². The van der Waals surface area contributed by atoms with Gasteiger partial charge in [-0.25, -0.2) is 0 Å². The van der Waals surface area contributed by atoms with Crippen molar-refractivity contribution in [1.82, 2.24) is 4.98 Å². The van der Waals surface area contributed by atoms with E-state index in [9.17, 15) is 20.0 Å².